The third kappa shape index (κ3) is 2.73. The van der Waals surface area contributed by atoms with Gasteiger partial charge in [-0.05, 0) is 30.1 Å². The maximum atomic E-state index is 12.4. The third-order valence-electron chi connectivity index (χ3n) is 2.71. The lowest BCUT2D eigenvalue weighted by Gasteiger charge is -2.07. The molecule has 0 aliphatic carbocycles. The van der Waals surface area contributed by atoms with Crippen LogP contribution in [-0.2, 0) is 6.42 Å². The molecule has 0 bridgehead atoms. The van der Waals surface area contributed by atoms with Gasteiger partial charge in [0, 0.05) is 11.6 Å². The Labute approximate surface area is 115 Å². The van der Waals surface area contributed by atoms with Gasteiger partial charge in [0.15, 0.2) is 0 Å². The first-order valence-corrected chi connectivity index (χ1v) is 6.56. The van der Waals surface area contributed by atoms with Crippen LogP contribution in [0.2, 0.25) is 0 Å². The number of hydrogen-bond acceptors (Lipinski definition) is 6. The van der Waals surface area contributed by atoms with E-state index in [9.17, 15) is 4.79 Å². The minimum absolute atomic E-state index is 0.107. The molecule has 2 rings (SSSR count). The number of rotatable bonds is 5. The van der Waals surface area contributed by atoms with Crippen molar-refractivity contribution >= 4 is 17.3 Å². The summed E-state index contributed by atoms with van der Waals surface area (Å²) in [5.74, 6) is 1.06. The molecule has 0 amide bonds. The minimum Gasteiger partial charge on any atom is -0.497 e. The van der Waals surface area contributed by atoms with E-state index in [4.69, 9.17) is 9.47 Å². The molecular formula is C13H14N2O3S. The van der Waals surface area contributed by atoms with Gasteiger partial charge in [0.1, 0.15) is 16.4 Å². The summed E-state index contributed by atoms with van der Waals surface area (Å²) in [6.45, 7) is 1.94. The lowest BCUT2D eigenvalue weighted by molar-refractivity contribution is 0.104. The molecule has 6 heteroatoms. The van der Waals surface area contributed by atoms with Gasteiger partial charge in [0.2, 0.25) is 5.78 Å². The molecule has 0 spiro atoms. The lowest BCUT2D eigenvalue weighted by atomic mass is 10.1. The molecule has 19 heavy (non-hydrogen) atoms. The largest absolute Gasteiger partial charge is 0.497 e. The first-order chi connectivity index (χ1) is 9.19. The molecule has 0 saturated heterocycles. The van der Waals surface area contributed by atoms with Crippen molar-refractivity contribution in [3.63, 3.8) is 0 Å². The van der Waals surface area contributed by atoms with Gasteiger partial charge in [-0.25, -0.2) is 0 Å². The van der Waals surface area contributed by atoms with E-state index in [1.807, 2.05) is 6.92 Å². The summed E-state index contributed by atoms with van der Waals surface area (Å²) < 4.78 is 14.2. The zero-order valence-electron chi connectivity index (χ0n) is 11.0. The summed E-state index contributed by atoms with van der Waals surface area (Å²) in [7, 11) is 3.10. The molecule has 0 radical (unpaired) electrons. The van der Waals surface area contributed by atoms with Gasteiger partial charge in [-0.2, -0.15) is 0 Å². The van der Waals surface area contributed by atoms with E-state index in [1.165, 1.54) is 0 Å². The van der Waals surface area contributed by atoms with Gasteiger partial charge in [0.05, 0.1) is 19.9 Å². The Bertz CT molecular complexity index is 573. The predicted molar refractivity (Wildman–Crippen MR) is 72.3 cm³/mol. The van der Waals surface area contributed by atoms with Crippen molar-refractivity contribution in [2.24, 2.45) is 0 Å². The SMILES string of the molecule is CCc1nnsc1C(=O)c1cc(OC)cc(OC)c1. The zero-order chi connectivity index (χ0) is 13.8. The summed E-state index contributed by atoms with van der Waals surface area (Å²) >= 11 is 1.11. The van der Waals surface area contributed by atoms with Crippen LogP contribution in [0.3, 0.4) is 0 Å². The molecule has 0 saturated carbocycles. The molecule has 2 aromatic rings. The lowest BCUT2D eigenvalue weighted by Crippen LogP contribution is -2.03. The third-order valence-corrected chi connectivity index (χ3v) is 3.48. The zero-order valence-corrected chi connectivity index (χ0v) is 11.8. The number of aromatic nitrogens is 2. The molecule has 100 valence electrons. The van der Waals surface area contributed by atoms with E-state index < -0.39 is 0 Å². The summed E-state index contributed by atoms with van der Waals surface area (Å²) in [6.07, 6.45) is 0.679. The van der Waals surface area contributed by atoms with Crippen molar-refractivity contribution in [1.82, 2.24) is 9.59 Å². The Morgan fingerprint density at radius 1 is 1.21 bits per heavy atom. The molecule has 0 N–H and O–H groups in total. The minimum atomic E-state index is -0.107. The van der Waals surface area contributed by atoms with E-state index in [1.54, 1.807) is 32.4 Å². The number of ether oxygens (including phenoxy) is 2. The Kier molecular flexibility index (Phi) is 4.11. The monoisotopic (exact) mass is 278 g/mol. The molecule has 0 atom stereocenters. The number of nitrogens with zero attached hydrogens (tertiary/aromatic N) is 2. The molecule has 1 aromatic heterocycles. The highest BCUT2D eigenvalue weighted by Gasteiger charge is 2.18. The van der Waals surface area contributed by atoms with Gasteiger partial charge in [0.25, 0.3) is 0 Å². The van der Waals surface area contributed by atoms with Crippen molar-refractivity contribution in [3.8, 4) is 11.5 Å². The number of aryl methyl sites for hydroxylation is 1. The normalized spacial score (nSPS) is 10.3. The Balaban J connectivity index is 2.43. The van der Waals surface area contributed by atoms with E-state index in [0.717, 1.165) is 17.2 Å². The number of benzene rings is 1. The standard InChI is InChI=1S/C13H14N2O3S/c1-4-11-13(19-15-14-11)12(16)8-5-9(17-2)7-10(6-8)18-3/h5-7H,4H2,1-3H3. The van der Waals surface area contributed by atoms with E-state index >= 15 is 0 Å². The molecule has 0 aliphatic heterocycles. The Morgan fingerprint density at radius 2 is 1.84 bits per heavy atom. The van der Waals surface area contributed by atoms with Gasteiger partial charge in [-0.15, -0.1) is 5.10 Å². The van der Waals surface area contributed by atoms with Crippen LogP contribution in [0.15, 0.2) is 18.2 Å². The van der Waals surface area contributed by atoms with Crippen molar-refractivity contribution < 1.29 is 14.3 Å². The fourth-order valence-corrected chi connectivity index (χ4v) is 2.39. The second-order valence-corrected chi connectivity index (χ2v) is 4.59. The van der Waals surface area contributed by atoms with Gasteiger partial charge < -0.3 is 9.47 Å². The highest BCUT2D eigenvalue weighted by Crippen LogP contribution is 2.25. The van der Waals surface area contributed by atoms with Crippen LogP contribution in [0.5, 0.6) is 11.5 Å². The van der Waals surface area contributed by atoms with E-state index in [2.05, 4.69) is 9.59 Å². The maximum absolute atomic E-state index is 12.4. The number of carbonyl (C=O) groups excluding carboxylic acids is 1. The topological polar surface area (TPSA) is 61.3 Å². The van der Waals surface area contributed by atoms with Crippen molar-refractivity contribution in [2.75, 3.05) is 14.2 Å². The van der Waals surface area contributed by atoms with Crippen LogP contribution in [0.1, 0.15) is 27.9 Å². The Hall–Kier alpha value is -1.95. The highest BCUT2D eigenvalue weighted by molar-refractivity contribution is 7.08. The number of ketones is 1. The fraction of sp³-hybridized carbons (Fsp3) is 0.308. The second-order valence-electron chi connectivity index (χ2n) is 3.83. The smallest absolute Gasteiger partial charge is 0.206 e. The van der Waals surface area contributed by atoms with Gasteiger partial charge >= 0.3 is 0 Å². The van der Waals surface area contributed by atoms with Crippen molar-refractivity contribution in [2.45, 2.75) is 13.3 Å². The summed E-state index contributed by atoms with van der Waals surface area (Å²) in [5.41, 5.74) is 1.23. The summed E-state index contributed by atoms with van der Waals surface area (Å²) in [5, 5.41) is 3.95. The number of methoxy groups -OCH3 is 2. The molecule has 0 aliphatic rings. The molecule has 0 fully saturated rings. The molecule has 5 nitrogen and oxygen atoms in total. The van der Waals surface area contributed by atoms with Gasteiger partial charge in [-0.3, -0.25) is 4.79 Å². The fourth-order valence-electron chi connectivity index (χ4n) is 1.68. The van der Waals surface area contributed by atoms with E-state index in [-0.39, 0.29) is 5.78 Å². The molecular weight excluding hydrogens is 264 g/mol. The quantitative estimate of drug-likeness (QED) is 0.786. The molecule has 1 aromatic carbocycles. The molecule has 0 unspecified atom stereocenters. The van der Waals surface area contributed by atoms with E-state index in [0.29, 0.717) is 28.4 Å². The second kappa shape index (κ2) is 5.79. The van der Waals surface area contributed by atoms with Crippen molar-refractivity contribution in [3.05, 3.63) is 34.3 Å². The number of hydrogen-bond donors (Lipinski definition) is 0. The van der Waals surface area contributed by atoms with Crippen LogP contribution < -0.4 is 9.47 Å². The predicted octanol–water partition coefficient (Wildman–Crippen LogP) is 2.35. The van der Waals surface area contributed by atoms with Crippen LogP contribution in [-0.4, -0.2) is 29.6 Å². The van der Waals surface area contributed by atoms with Crippen LogP contribution in [0.25, 0.3) is 0 Å². The molecule has 1 heterocycles. The highest BCUT2D eigenvalue weighted by atomic mass is 32.1. The van der Waals surface area contributed by atoms with Crippen LogP contribution >= 0.6 is 11.5 Å². The number of carbonyl (C=O) groups is 1. The van der Waals surface area contributed by atoms with Gasteiger partial charge in [-0.1, -0.05) is 11.4 Å². The average molecular weight is 278 g/mol. The maximum Gasteiger partial charge on any atom is 0.206 e. The first kappa shape index (κ1) is 13.5. The van der Waals surface area contributed by atoms with Crippen LogP contribution in [0.4, 0.5) is 0 Å². The Morgan fingerprint density at radius 3 is 2.37 bits per heavy atom. The average Bonchev–Trinajstić information content (AvgIpc) is 2.94. The summed E-state index contributed by atoms with van der Waals surface area (Å²) in [4.78, 5) is 13.0. The summed E-state index contributed by atoms with van der Waals surface area (Å²) in [6, 6.07) is 5.09. The van der Waals surface area contributed by atoms with Crippen molar-refractivity contribution in [1.29, 1.82) is 0 Å². The first-order valence-electron chi connectivity index (χ1n) is 5.78. The van der Waals surface area contributed by atoms with Crippen LogP contribution in [0, 0.1) is 0 Å².